The van der Waals surface area contributed by atoms with Crippen molar-refractivity contribution in [3.8, 4) is 0 Å². The highest BCUT2D eigenvalue weighted by Crippen LogP contribution is 2.14. The molecule has 6 heteroatoms. The van der Waals surface area contributed by atoms with Gasteiger partial charge in [0.1, 0.15) is 10.6 Å². The van der Waals surface area contributed by atoms with Crippen molar-refractivity contribution in [1.29, 1.82) is 0 Å². The van der Waals surface area contributed by atoms with Crippen LogP contribution in [0.25, 0.3) is 0 Å². The van der Waals surface area contributed by atoms with Crippen molar-refractivity contribution in [2.24, 2.45) is 0 Å². The highest BCUT2D eigenvalue weighted by molar-refractivity contribution is 7.15. The van der Waals surface area contributed by atoms with Crippen molar-refractivity contribution in [2.45, 2.75) is 32.8 Å². The fourth-order valence-electron chi connectivity index (χ4n) is 0.839. The molecule has 5 nitrogen and oxygen atoms in total. The summed E-state index contributed by atoms with van der Waals surface area (Å²) in [5.74, 6) is -0.311. The monoisotopic (exact) mass is 215 g/mol. The zero-order valence-corrected chi connectivity index (χ0v) is 9.22. The Morgan fingerprint density at radius 2 is 2.14 bits per heavy atom. The molecule has 0 amide bonds. The maximum atomic E-state index is 11.3. The van der Waals surface area contributed by atoms with Gasteiger partial charge in [0, 0.05) is 0 Å². The molecule has 1 aromatic heterocycles. The molecular weight excluding hydrogens is 202 g/mol. The van der Waals surface area contributed by atoms with Crippen molar-refractivity contribution in [2.75, 3.05) is 5.73 Å². The lowest BCUT2D eigenvalue weighted by atomic mass is 10.2. The van der Waals surface area contributed by atoms with E-state index in [0.717, 1.165) is 0 Å². The van der Waals surface area contributed by atoms with Gasteiger partial charge in [0.2, 0.25) is 5.13 Å². The second-order valence-electron chi connectivity index (χ2n) is 3.80. The van der Waals surface area contributed by atoms with Gasteiger partial charge < -0.3 is 10.5 Å². The summed E-state index contributed by atoms with van der Waals surface area (Å²) >= 11 is 1.20. The van der Waals surface area contributed by atoms with E-state index >= 15 is 0 Å². The van der Waals surface area contributed by atoms with Crippen LogP contribution in [0.3, 0.4) is 0 Å². The van der Waals surface area contributed by atoms with Crippen molar-refractivity contribution >= 4 is 22.4 Å². The fraction of sp³-hybridized carbons (Fsp3) is 0.625. The molecule has 0 bridgehead atoms. The highest BCUT2D eigenvalue weighted by atomic mass is 32.1. The van der Waals surface area contributed by atoms with Crippen LogP contribution in [0.2, 0.25) is 0 Å². The lowest BCUT2D eigenvalue weighted by molar-refractivity contribution is -0.153. The quantitative estimate of drug-likeness (QED) is 0.745. The Kier molecular flexibility index (Phi) is 3.05. The zero-order valence-electron chi connectivity index (χ0n) is 8.40. The van der Waals surface area contributed by atoms with Crippen LogP contribution in [-0.4, -0.2) is 21.8 Å². The van der Waals surface area contributed by atoms with Crippen LogP contribution in [-0.2, 0) is 16.0 Å². The maximum absolute atomic E-state index is 11.3. The average molecular weight is 215 g/mol. The summed E-state index contributed by atoms with van der Waals surface area (Å²) in [5.41, 5.74) is 4.91. The first-order valence-electron chi connectivity index (χ1n) is 4.16. The average Bonchev–Trinajstić information content (AvgIpc) is 2.30. The Morgan fingerprint density at radius 1 is 1.50 bits per heavy atom. The number of hydrogen-bond donors (Lipinski definition) is 1. The molecule has 14 heavy (non-hydrogen) atoms. The molecule has 0 aromatic carbocycles. The van der Waals surface area contributed by atoms with Crippen LogP contribution in [0.1, 0.15) is 25.8 Å². The van der Waals surface area contributed by atoms with Crippen LogP contribution in [0.15, 0.2) is 0 Å². The first-order chi connectivity index (χ1) is 6.37. The summed E-state index contributed by atoms with van der Waals surface area (Å²) < 4.78 is 5.11. The zero-order chi connectivity index (χ0) is 10.8. The molecule has 0 radical (unpaired) electrons. The third kappa shape index (κ3) is 3.69. The summed E-state index contributed by atoms with van der Waals surface area (Å²) in [6.45, 7) is 5.46. The lowest BCUT2D eigenvalue weighted by Crippen LogP contribution is -2.24. The van der Waals surface area contributed by atoms with E-state index in [1.807, 2.05) is 20.8 Å². The Balaban J connectivity index is 2.50. The second-order valence-corrected chi connectivity index (χ2v) is 4.89. The number of carbonyl (C=O) groups is 1. The van der Waals surface area contributed by atoms with E-state index in [2.05, 4.69) is 10.2 Å². The minimum Gasteiger partial charge on any atom is -0.460 e. The Labute approximate surface area is 86.3 Å². The van der Waals surface area contributed by atoms with Crippen molar-refractivity contribution in [1.82, 2.24) is 10.2 Å². The van der Waals surface area contributed by atoms with Gasteiger partial charge in [0.15, 0.2) is 0 Å². The normalized spacial score (nSPS) is 11.4. The number of ether oxygens (including phenoxy) is 1. The first kappa shape index (κ1) is 10.9. The molecule has 1 rings (SSSR count). The summed E-state index contributed by atoms with van der Waals surface area (Å²) in [6, 6.07) is 0. The highest BCUT2D eigenvalue weighted by Gasteiger charge is 2.17. The number of nitrogen functional groups attached to an aromatic ring is 1. The van der Waals surface area contributed by atoms with Gasteiger partial charge in [-0.15, -0.1) is 10.2 Å². The maximum Gasteiger partial charge on any atom is 0.313 e. The Bertz CT molecular complexity index is 330. The number of hydrogen-bond acceptors (Lipinski definition) is 6. The molecule has 0 saturated carbocycles. The molecule has 0 aliphatic rings. The standard InChI is InChI=1S/C8H13N3O2S/c1-8(2,3)13-6(12)4-5-10-11-7(9)14-5/h4H2,1-3H3,(H2,9,11). The lowest BCUT2D eigenvalue weighted by Gasteiger charge is -2.18. The molecule has 0 atom stereocenters. The van der Waals surface area contributed by atoms with E-state index in [-0.39, 0.29) is 12.4 Å². The second kappa shape index (κ2) is 3.91. The van der Waals surface area contributed by atoms with Gasteiger partial charge in [-0.25, -0.2) is 0 Å². The van der Waals surface area contributed by atoms with Gasteiger partial charge in [0.25, 0.3) is 0 Å². The Hall–Kier alpha value is -1.17. The fourth-order valence-corrected chi connectivity index (χ4v) is 1.43. The van der Waals surface area contributed by atoms with Gasteiger partial charge in [-0.05, 0) is 20.8 Å². The van der Waals surface area contributed by atoms with E-state index in [1.54, 1.807) is 0 Å². The summed E-state index contributed by atoms with van der Waals surface area (Å²) in [7, 11) is 0. The third-order valence-electron chi connectivity index (χ3n) is 1.20. The van der Waals surface area contributed by atoms with E-state index in [0.29, 0.717) is 10.1 Å². The van der Waals surface area contributed by atoms with Crippen LogP contribution >= 0.6 is 11.3 Å². The SMILES string of the molecule is CC(C)(C)OC(=O)Cc1nnc(N)s1. The van der Waals surface area contributed by atoms with Crippen molar-refractivity contribution in [3.05, 3.63) is 5.01 Å². The predicted molar refractivity (Wildman–Crippen MR) is 53.9 cm³/mol. The van der Waals surface area contributed by atoms with Gasteiger partial charge in [-0.3, -0.25) is 4.79 Å². The van der Waals surface area contributed by atoms with Gasteiger partial charge in [-0.1, -0.05) is 11.3 Å². The van der Waals surface area contributed by atoms with Gasteiger partial charge in [0.05, 0.1) is 6.42 Å². The van der Waals surface area contributed by atoms with Gasteiger partial charge >= 0.3 is 5.97 Å². The van der Waals surface area contributed by atoms with Gasteiger partial charge in [-0.2, -0.15) is 0 Å². The number of rotatable bonds is 2. The van der Waals surface area contributed by atoms with Crippen LogP contribution < -0.4 is 5.73 Å². The number of aromatic nitrogens is 2. The number of esters is 1. The molecule has 0 unspecified atom stereocenters. The largest absolute Gasteiger partial charge is 0.460 e. The van der Waals surface area contributed by atoms with E-state index in [4.69, 9.17) is 10.5 Å². The first-order valence-corrected chi connectivity index (χ1v) is 4.98. The summed E-state index contributed by atoms with van der Waals surface area (Å²) in [6.07, 6.45) is 0.131. The molecule has 1 aromatic rings. The third-order valence-corrected chi connectivity index (χ3v) is 1.95. The molecular formula is C8H13N3O2S. The van der Waals surface area contributed by atoms with Crippen LogP contribution in [0.5, 0.6) is 0 Å². The number of nitrogens with two attached hydrogens (primary N) is 1. The summed E-state index contributed by atoms with van der Waals surface area (Å²) in [5, 5.41) is 8.28. The topological polar surface area (TPSA) is 78.1 Å². The predicted octanol–water partition coefficient (Wildman–Crippen LogP) is 1.00. The smallest absolute Gasteiger partial charge is 0.313 e. The van der Waals surface area contributed by atoms with Crippen LogP contribution in [0, 0.1) is 0 Å². The molecule has 2 N–H and O–H groups in total. The summed E-state index contributed by atoms with van der Waals surface area (Å²) in [4.78, 5) is 11.3. The minimum atomic E-state index is -0.465. The molecule has 0 saturated heterocycles. The molecule has 78 valence electrons. The van der Waals surface area contributed by atoms with E-state index < -0.39 is 5.60 Å². The molecule has 0 aliphatic heterocycles. The minimum absolute atomic E-state index is 0.131. The van der Waals surface area contributed by atoms with Crippen molar-refractivity contribution in [3.63, 3.8) is 0 Å². The number of nitrogens with zero attached hydrogens (tertiary/aromatic N) is 2. The Morgan fingerprint density at radius 3 is 2.57 bits per heavy atom. The number of carbonyl (C=O) groups excluding carboxylic acids is 1. The molecule has 0 fully saturated rings. The van der Waals surface area contributed by atoms with E-state index in [1.165, 1.54) is 11.3 Å². The van der Waals surface area contributed by atoms with Crippen LogP contribution in [0.4, 0.5) is 5.13 Å². The van der Waals surface area contributed by atoms with E-state index in [9.17, 15) is 4.79 Å². The molecule has 0 spiro atoms. The number of anilines is 1. The van der Waals surface area contributed by atoms with Crippen molar-refractivity contribution < 1.29 is 9.53 Å². The molecule has 0 aliphatic carbocycles. The molecule has 1 heterocycles.